The fraction of sp³-hybridized carbons (Fsp3) is 0.875. The zero-order valence-corrected chi connectivity index (χ0v) is 15.8. The Morgan fingerprint density at radius 2 is 1.55 bits per heavy atom. The third-order valence-electron chi connectivity index (χ3n) is 4.66. The van der Waals surface area contributed by atoms with Gasteiger partial charge in [0.1, 0.15) is 55.4 Å². The normalized spacial score (nSPS) is 43.1. The average molecular weight is 426 g/mol. The van der Waals surface area contributed by atoms with Crippen LogP contribution in [-0.4, -0.2) is 127 Å². The van der Waals surface area contributed by atoms with Gasteiger partial charge in [-0.25, -0.2) is 4.79 Å². The minimum absolute atomic E-state index is 0.316. The molecule has 2 heterocycles. The number of rotatable bonds is 9. The second kappa shape index (κ2) is 10.7. The molecule has 0 aromatic heterocycles. The molecule has 5 N–H and O–H groups in total. The summed E-state index contributed by atoms with van der Waals surface area (Å²) in [5, 5.41) is 49.6. The van der Waals surface area contributed by atoms with Crippen LogP contribution in [0.15, 0.2) is 0 Å². The lowest BCUT2D eigenvalue weighted by Gasteiger charge is -2.45. The lowest BCUT2D eigenvalue weighted by molar-refractivity contribution is -0.351. The first-order chi connectivity index (χ1) is 13.7. The molecule has 0 radical (unpaired) electrons. The zero-order valence-electron chi connectivity index (χ0n) is 15.8. The molecule has 0 bridgehead atoms. The van der Waals surface area contributed by atoms with Gasteiger partial charge in [-0.05, 0) is 0 Å². The molecule has 0 aromatic carbocycles. The number of carboxylic acids is 1. The summed E-state index contributed by atoms with van der Waals surface area (Å²) in [4.78, 5) is 21.9. The number of ether oxygens (including phenoxy) is 6. The molecular formula is C16H26O13. The monoisotopic (exact) mass is 426 g/mol. The predicted molar refractivity (Wildman–Crippen MR) is 88.5 cm³/mol. The third-order valence-corrected chi connectivity index (χ3v) is 4.66. The molecule has 168 valence electrons. The van der Waals surface area contributed by atoms with E-state index in [9.17, 15) is 30.0 Å². The molecule has 2 aliphatic heterocycles. The van der Waals surface area contributed by atoms with Gasteiger partial charge >= 0.3 is 5.97 Å². The zero-order chi connectivity index (χ0) is 21.7. The first-order valence-corrected chi connectivity index (χ1v) is 8.74. The summed E-state index contributed by atoms with van der Waals surface area (Å²) in [6.45, 7) is -0.947. The summed E-state index contributed by atoms with van der Waals surface area (Å²) >= 11 is 0. The van der Waals surface area contributed by atoms with Crippen LogP contribution in [-0.2, 0) is 38.0 Å². The van der Waals surface area contributed by atoms with Gasteiger partial charge in [0.05, 0.1) is 6.61 Å². The number of aldehydes is 1. The van der Waals surface area contributed by atoms with Crippen LogP contribution in [0.1, 0.15) is 0 Å². The maximum absolute atomic E-state index is 11.3. The number of carbonyl (C=O) groups is 2. The summed E-state index contributed by atoms with van der Waals surface area (Å²) in [7, 11) is 2.46. The summed E-state index contributed by atoms with van der Waals surface area (Å²) in [6, 6.07) is 0. The molecule has 13 heteroatoms. The van der Waals surface area contributed by atoms with E-state index >= 15 is 0 Å². The highest BCUT2D eigenvalue weighted by atomic mass is 16.7. The van der Waals surface area contributed by atoms with Gasteiger partial charge in [-0.15, -0.1) is 0 Å². The van der Waals surface area contributed by atoms with Crippen molar-refractivity contribution in [1.29, 1.82) is 0 Å². The summed E-state index contributed by atoms with van der Waals surface area (Å²) in [5.41, 5.74) is 0. The quantitative estimate of drug-likeness (QED) is 0.226. The molecule has 2 fully saturated rings. The number of hydrogen-bond acceptors (Lipinski definition) is 12. The minimum atomic E-state index is -1.66. The van der Waals surface area contributed by atoms with Gasteiger partial charge < -0.3 is 58.7 Å². The number of methoxy groups -OCH3 is 2. The van der Waals surface area contributed by atoms with E-state index < -0.39 is 74.0 Å². The van der Waals surface area contributed by atoms with Gasteiger partial charge in [0.2, 0.25) is 0 Å². The van der Waals surface area contributed by atoms with E-state index in [4.69, 9.17) is 33.5 Å². The number of aliphatic carboxylic acids is 1. The van der Waals surface area contributed by atoms with Crippen LogP contribution in [0.2, 0.25) is 0 Å². The number of carboxylic acid groups (broad SMARTS) is 1. The Labute approximate surface area is 165 Å². The maximum Gasteiger partial charge on any atom is 0.329 e. The molecule has 10 atom stereocenters. The molecule has 0 spiro atoms. The minimum Gasteiger partial charge on any atom is -0.480 e. The average Bonchev–Trinajstić information content (AvgIpc) is 2.69. The van der Waals surface area contributed by atoms with Crippen molar-refractivity contribution < 1.29 is 63.5 Å². The van der Waals surface area contributed by atoms with Crippen molar-refractivity contribution in [3.8, 4) is 0 Å². The van der Waals surface area contributed by atoms with Crippen LogP contribution < -0.4 is 0 Å². The van der Waals surface area contributed by atoms with E-state index in [1.807, 2.05) is 0 Å². The Bertz CT molecular complexity index is 545. The van der Waals surface area contributed by atoms with Crippen molar-refractivity contribution in [2.45, 2.75) is 61.4 Å². The first kappa shape index (κ1) is 24.0. The largest absolute Gasteiger partial charge is 0.480 e. The molecule has 0 aliphatic carbocycles. The molecule has 10 unspecified atom stereocenters. The van der Waals surface area contributed by atoms with Gasteiger partial charge in [-0.3, -0.25) is 0 Å². The molecule has 0 aromatic rings. The van der Waals surface area contributed by atoms with Crippen LogP contribution in [0.25, 0.3) is 0 Å². The highest BCUT2D eigenvalue weighted by Crippen LogP contribution is 2.29. The van der Waals surface area contributed by atoms with Crippen molar-refractivity contribution >= 4 is 12.3 Å². The Balaban J connectivity index is 2.12. The van der Waals surface area contributed by atoms with Crippen molar-refractivity contribution in [3.63, 3.8) is 0 Å². The number of hydrogen-bond donors (Lipinski definition) is 5. The van der Waals surface area contributed by atoms with Gasteiger partial charge in [0, 0.05) is 14.2 Å². The molecule has 0 amide bonds. The highest BCUT2D eigenvalue weighted by Gasteiger charge is 2.51. The summed E-state index contributed by atoms with van der Waals surface area (Å²) in [5.74, 6) is -1.22. The van der Waals surface area contributed by atoms with Gasteiger partial charge in [0.25, 0.3) is 0 Å². The van der Waals surface area contributed by atoms with Gasteiger partial charge in [0.15, 0.2) is 18.9 Å². The van der Waals surface area contributed by atoms with E-state index in [1.165, 1.54) is 14.2 Å². The fourth-order valence-electron chi connectivity index (χ4n) is 3.19. The second-order valence-electron chi connectivity index (χ2n) is 6.56. The van der Waals surface area contributed by atoms with E-state index in [-0.39, 0.29) is 6.61 Å². The van der Waals surface area contributed by atoms with Crippen LogP contribution >= 0.6 is 0 Å². The van der Waals surface area contributed by atoms with Crippen LogP contribution in [0, 0.1) is 0 Å². The molecule has 2 rings (SSSR count). The summed E-state index contributed by atoms with van der Waals surface area (Å²) < 4.78 is 31.1. The van der Waals surface area contributed by atoms with Crippen molar-refractivity contribution in [1.82, 2.24) is 0 Å². The molecule has 2 aliphatic rings. The first-order valence-electron chi connectivity index (χ1n) is 8.74. The number of carbonyl (C=O) groups excluding carboxylic acids is 1. The third kappa shape index (κ3) is 5.46. The number of aliphatic hydroxyl groups is 4. The topological polar surface area (TPSA) is 191 Å². The SMILES string of the molecule is COC1OC(C=O)C(OC2OC(COCC(=O)O)C(OC)C(O)C2O)C(O)C1O. The van der Waals surface area contributed by atoms with E-state index in [1.54, 1.807) is 0 Å². The van der Waals surface area contributed by atoms with Crippen LogP contribution in [0.3, 0.4) is 0 Å². The Morgan fingerprint density at radius 1 is 0.931 bits per heavy atom. The lowest BCUT2D eigenvalue weighted by atomic mass is 9.97. The molecular weight excluding hydrogens is 400 g/mol. The Morgan fingerprint density at radius 3 is 2.10 bits per heavy atom. The second-order valence-corrected chi connectivity index (χ2v) is 6.56. The lowest BCUT2D eigenvalue weighted by Crippen LogP contribution is -2.64. The summed E-state index contributed by atoms with van der Waals surface area (Å²) in [6.07, 6.45) is -13.9. The van der Waals surface area contributed by atoms with E-state index in [2.05, 4.69) is 0 Å². The molecule has 13 nitrogen and oxygen atoms in total. The Kier molecular flexibility index (Phi) is 8.84. The molecule has 2 saturated heterocycles. The number of aliphatic hydroxyl groups excluding tert-OH is 4. The van der Waals surface area contributed by atoms with Gasteiger partial charge in [-0.1, -0.05) is 0 Å². The highest BCUT2D eigenvalue weighted by molar-refractivity contribution is 5.67. The molecule has 0 saturated carbocycles. The predicted octanol–water partition coefficient (Wildman–Crippen LogP) is -3.77. The molecule has 29 heavy (non-hydrogen) atoms. The Hall–Kier alpha value is -1.26. The van der Waals surface area contributed by atoms with Crippen molar-refractivity contribution in [2.75, 3.05) is 27.4 Å². The van der Waals surface area contributed by atoms with Crippen LogP contribution in [0.4, 0.5) is 0 Å². The van der Waals surface area contributed by atoms with E-state index in [0.29, 0.717) is 6.29 Å². The van der Waals surface area contributed by atoms with Crippen molar-refractivity contribution in [2.24, 2.45) is 0 Å². The van der Waals surface area contributed by atoms with E-state index in [0.717, 1.165) is 0 Å². The smallest absolute Gasteiger partial charge is 0.329 e. The maximum atomic E-state index is 11.3. The van der Waals surface area contributed by atoms with Crippen molar-refractivity contribution in [3.05, 3.63) is 0 Å². The standard InChI is InChI=1S/C16H26O13/c1-24-13-7(4-26-5-8(18)19)28-16(12(23)9(13)20)29-14-6(3-17)27-15(25-2)11(22)10(14)21/h3,6-7,9-16,20-23H,4-5H2,1-2H3,(H,18,19). The van der Waals surface area contributed by atoms with Crippen LogP contribution in [0.5, 0.6) is 0 Å². The van der Waals surface area contributed by atoms with Gasteiger partial charge in [-0.2, -0.15) is 0 Å². The fourth-order valence-corrected chi connectivity index (χ4v) is 3.19.